The molecule has 1 fully saturated rings. The number of likely N-dealkylation sites (tertiary alicyclic amines) is 1. The number of rotatable bonds is 8. The lowest BCUT2D eigenvalue weighted by Crippen LogP contribution is -2.53. The van der Waals surface area contributed by atoms with E-state index in [4.69, 9.17) is 4.74 Å². The highest BCUT2D eigenvalue weighted by molar-refractivity contribution is 5.86. The van der Waals surface area contributed by atoms with Gasteiger partial charge in [-0.3, -0.25) is 14.5 Å². The van der Waals surface area contributed by atoms with Gasteiger partial charge in [-0.15, -0.1) is 0 Å². The maximum absolute atomic E-state index is 13.0. The second-order valence-corrected chi connectivity index (χ2v) is 8.30. The number of nitriles is 1. The topological polar surface area (TPSA) is 124 Å². The quantitative estimate of drug-likeness (QED) is 0.570. The molecule has 3 amide bonds. The highest BCUT2D eigenvalue weighted by Crippen LogP contribution is 2.26. The number of likely N-dealkylation sites (N-methyl/N-ethyl adjacent to an activating group) is 2. The largest absolute Gasteiger partial charge is 0.436 e. The van der Waals surface area contributed by atoms with E-state index >= 15 is 0 Å². The fourth-order valence-electron chi connectivity index (χ4n) is 3.64. The van der Waals surface area contributed by atoms with E-state index in [-0.39, 0.29) is 31.3 Å². The van der Waals surface area contributed by atoms with Gasteiger partial charge >= 0.3 is 6.09 Å². The number of alkyl carbamates (subject to hydrolysis) is 1. The maximum atomic E-state index is 13.0. The zero-order valence-electron chi connectivity index (χ0n) is 18.5. The minimum atomic E-state index is -1.23. The number of benzene rings is 1. The van der Waals surface area contributed by atoms with Gasteiger partial charge in [0.1, 0.15) is 5.54 Å². The Morgan fingerprint density at radius 1 is 1.29 bits per heavy atom. The predicted molar refractivity (Wildman–Crippen MR) is 115 cm³/mol. The van der Waals surface area contributed by atoms with E-state index in [0.717, 1.165) is 5.56 Å². The molecular weight excluding hydrogens is 398 g/mol. The van der Waals surface area contributed by atoms with Crippen LogP contribution in [0.25, 0.3) is 0 Å². The summed E-state index contributed by atoms with van der Waals surface area (Å²) in [6.07, 6.45) is -1.30. The molecule has 1 aromatic carbocycles. The molecule has 3 N–H and O–H groups in total. The number of carbonyl (C=O) groups excluding carboxylic acids is 3. The average molecular weight is 430 g/mol. The van der Waals surface area contributed by atoms with Gasteiger partial charge in [0.05, 0.1) is 12.1 Å². The highest BCUT2D eigenvalue weighted by Gasteiger charge is 2.47. The summed E-state index contributed by atoms with van der Waals surface area (Å²) in [4.78, 5) is 39.1. The van der Waals surface area contributed by atoms with Gasteiger partial charge in [0.2, 0.25) is 5.91 Å². The van der Waals surface area contributed by atoms with Gasteiger partial charge in [-0.05, 0) is 24.9 Å². The summed E-state index contributed by atoms with van der Waals surface area (Å²) in [7, 11) is 3.26. The van der Waals surface area contributed by atoms with Crippen LogP contribution in [0.1, 0.15) is 32.3 Å². The Hall–Kier alpha value is -3.12. The molecule has 0 aliphatic carbocycles. The Labute approximate surface area is 183 Å². The molecular formula is C22H31N5O4. The first kappa shape index (κ1) is 24.2. The number of ether oxygens (including phenoxy) is 1. The van der Waals surface area contributed by atoms with Crippen LogP contribution in [0.2, 0.25) is 0 Å². The normalized spacial score (nSPS) is 21.7. The van der Waals surface area contributed by atoms with Crippen molar-refractivity contribution < 1.29 is 19.1 Å². The Morgan fingerprint density at radius 3 is 2.55 bits per heavy atom. The smallest absolute Gasteiger partial charge is 0.408 e. The van der Waals surface area contributed by atoms with Crippen LogP contribution in [0.3, 0.4) is 0 Å². The van der Waals surface area contributed by atoms with Gasteiger partial charge < -0.3 is 20.7 Å². The molecule has 1 aliphatic heterocycles. The zero-order valence-corrected chi connectivity index (χ0v) is 18.5. The van der Waals surface area contributed by atoms with Crippen molar-refractivity contribution in [3.8, 4) is 6.07 Å². The Kier molecular flexibility index (Phi) is 8.39. The molecule has 0 aromatic heterocycles. The summed E-state index contributed by atoms with van der Waals surface area (Å²) in [5.74, 6) is -0.680. The fourth-order valence-corrected chi connectivity index (χ4v) is 3.64. The third-order valence-corrected chi connectivity index (χ3v) is 5.23. The van der Waals surface area contributed by atoms with Crippen molar-refractivity contribution >= 4 is 17.9 Å². The molecule has 3 unspecified atom stereocenters. The molecule has 9 heteroatoms. The van der Waals surface area contributed by atoms with E-state index in [0.29, 0.717) is 6.42 Å². The summed E-state index contributed by atoms with van der Waals surface area (Å²) < 4.78 is 5.40. The molecule has 0 bridgehead atoms. The van der Waals surface area contributed by atoms with E-state index in [1.807, 2.05) is 44.2 Å². The number of hydrogen-bond acceptors (Lipinski definition) is 6. The van der Waals surface area contributed by atoms with Crippen LogP contribution in [0.5, 0.6) is 0 Å². The van der Waals surface area contributed by atoms with Crippen molar-refractivity contribution in [2.75, 3.05) is 20.6 Å². The SMILES string of the molecule is CNC(=O)C1CC(C#N)(NC(=O)C(CC(C)C)OC(=O)NCc2ccccc2)CN1C. The van der Waals surface area contributed by atoms with Crippen LogP contribution in [-0.2, 0) is 20.9 Å². The third kappa shape index (κ3) is 6.69. The molecule has 9 nitrogen and oxygen atoms in total. The lowest BCUT2D eigenvalue weighted by atomic mass is 9.96. The molecule has 168 valence electrons. The van der Waals surface area contributed by atoms with Crippen LogP contribution in [0, 0.1) is 17.2 Å². The van der Waals surface area contributed by atoms with E-state index in [1.54, 1.807) is 11.9 Å². The van der Waals surface area contributed by atoms with Crippen molar-refractivity contribution in [1.29, 1.82) is 5.26 Å². The molecule has 2 rings (SSSR count). The first-order valence-corrected chi connectivity index (χ1v) is 10.3. The lowest BCUT2D eigenvalue weighted by Gasteiger charge is -2.26. The molecule has 0 spiro atoms. The van der Waals surface area contributed by atoms with Crippen molar-refractivity contribution in [3.63, 3.8) is 0 Å². The molecule has 3 atom stereocenters. The highest BCUT2D eigenvalue weighted by atomic mass is 16.6. The maximum Gasteiger partial charge on any atom is 0.408 e. The van der Waals surface area contributed by atoms with E-state index in [2.05, 4.69) is 22.0 Å². The zero-order chi connectivity index (χ0) is 23.0. The number of nitrogens with zero attached hydrogens (tertiary/aromatic N) is 2. The summed E-state index contributed by atoms with van der Waals surface area (Å²) in [5.41, 5.74) is -0.329. The molecule has 0 radical (unpaired) electrons. The monoisotopic (exact) mass is 429 g/mol. The van der Waals surface area contributed by atoms with Crippen molar-refractivity contribution in [2.45, 2.75) is 50.9 Å². The fraction of sp³-hybridized carbons (Fsp3) is 0.545. The average Bonchev–Trinajstić information content (AvgIpc) is 3.08. The van der Waals surface area contributed by atoms with Crippen molar-refractivity contribution in [1.82, 2.24) is 20.9 Å². The van der Waals surface area contributed by atoms with Gasteiger partial charge in [0, 0.05) is 26.6 Å². The van der Waals surface area contributed by atoms with E-state index in [1.165, 1.54) is 7.05 Å². The molecule has 31 heavy (non-hydrogen) atoms. The second kappa shape index (κ2) is 10.8. The first-order valence-electron chi connectivity index (χ1n) is 10.3. The van der Waals surface area contributed by atoms with Crippen LogP contribution < -0.4 is 16.0 Å². The van der Waals surface area contributed by atoms with Crippen LogP contribution in [-0.4, -0.2) is 61.1 Å². The van der Waals surface area contributed by atoms with Gasteiger partial charge in [0.25, 0.3) is 5.91 Å². The van der Waals surface area contributed by atoms with Crippen molar-refractivity contribution in [2.24, 2.45) is 5.92 Å². The minimum absolute atomic E-state index is 0.0839. The van der Waals surface area contributed by atoms with Gasteiger partial charge in [-0.25, -0.2) is 4.79 Å². The van der Waals surface area contributed by atoms with Crippen molar-refractivity contribution in [3.05, 3.63) is 35.9 Å². The number of nitrogens with one attached hydrogen (secondary N) is 3. The van der Waals surface area contributed by atoms with E-state index < -0.39 is 29.7 Å². The molecule has 1 aromatic rings. The second-order valence-electron chi connectivity index (χ2n) is 8.30. The minimum Gasteiger partial charge on any atom is -0.436 e. The molecule has 1 heterocycles. The summed E-state index contributed by atoms with van der Waals surface area (Å²) in [5, 5.41) is 17.7. The number of carbonyl (C=O) groups is 3. The predicted octanol–water partition coefficient (Wildman–Crippen LogP) is 1.16. The lowest BCUT2D eigenvalue weighted by molar-refractivity contribution is -0.131. The van der Waals surface area contributed by atoms with E-state index in [9.17, 15) is 19.6 Å². The summed E-state index contributed by atoms with van der Waals surface area (Å²) in [6, 6.07) is 11.0. The third-order valence-electron chi connectivity index (χ3n) is 5.23. The van der Waals surface area contributed by atoms with Gasteiger partial charge in [0.15, 0.2) is 6.10 Å². The standard InChI is InChI=1S/C22H31N5O4/c1-15(2)10-18(31-21(30)25-12-16-8-6-5-7-9-16)20(29)26-22(13-23)11-17(19(28)24-3)27(4)14-22/h5-9,15,17-18H,10-12,14H2,1-4H3,(H,24,28)(H,25,30)(H,26,29). The molecule has 1 saturated heterocycles. The number of amides is 3. The number of hydrogen-bond donors (Lipinski definition) is 3. The summed E-state index contributed by atoms with van der Waals surface area (Å²) >= 11 is 0. The Balaban J connectivity index is 2.04. The Bertz CT molecular complexity index is 823. The van der Waals surface area contributed by atoms with Crippen LogP contribution in [0.4, 0.5) is 4.79 Å². The van der Waals surface area contributed by atoms with Gasteiger partial charge in [-0.2, -0.15) is 5.26 Å². The van der Waals surface area contributed by atoms with Crippen LogP contribution in [0.15, 0.2) is 30.3 Å². The molecule has 0 saturated carbocycles. The molecule has 1 aliphatic rings. The van der Waals surface area contributed by atoms with Gasteiger partial charge in [-0.1, -0.05) is 44.2 Å². The first-order chi connectivity index (χ1) is 14.7. The van der Waals surface area contributed by atoms with Crippen LogP contribution >= 0.6 is 0 Å². The summed E-state index contributed by atoms with van der Waals surface area (Å²) in [6.45, 7) is 4.30. The Morgan fingerprint density at radius 2 is 1.97 bits per heavy atom.